The van der Waals surface area contributed by atoms with E-state index in [2.05, 4.69) is 63.0 Å². The Balaban J connectivity index is 0.000000174. The van der Waals surface area contributed by atoms with Crippen LogP contribution in [-0.2, 0) is 4.79 Å². The van der Waals surface area contributed by atoms with Gasteiger partial charge in [-0.1, -0.05) is 44.6 Å². The van der Waals surface area contributed by atoms with Crippen molar-refractivity contribution in [2.45, 2.75) is 46.5 Å². The minimum Gasteiger partial charge on any atom is -0.303 e. The Bertz CT molecular complexity index is 687. The molecule has 23 heavy (non-hydrogen) atoms. The van der Waals surface area contributed by atoms with Gasteiger partial charge in [0.25, 0.3) is 0 Å². The zero-order valence-corrected chi connectivity index (χ0v) is 14.6. The van der Waals surface area contributed by atoms with Crippen LogP contribution < -0.4 is 0 Å². The van der Waals surface area contributed by atoms with E-state index in [0.29, 0.717) is 11.8 Å². The Hall–Kier alpha value is -1.96. The average molecular weight is 309 g/mol. The Labute approximate surface area is 139 Å². The monoisotopic (exact) mass is 309 g/mol. The van der Waals surface area contributed by atoms with Crippen molar-refractivity contribution < 1.29 is 4.79 Å². The summed E-state index contributed by atoms with van der Waals surface area (Å²) in [7, 11) is 0. The number of rotatable bonds is 2. The smallest absolute Gasteiger partial charge is 0.123 e. The van der Waals surface area contributed by atoms with Crippen LogP contribution in [-0.4, -0.2) is 11.3 Å². The summed E-state index contributed by atoms with van der Waals surface area (Å²) in [5.74, 6) is 1.33. The minimum absolute atomic E-state index is 0.281. The summed E-state index contributed by atoms with van der Waals surface area (Å²) in [6.07, 6.45) is 7.29. The topological polar surface area (TPSA) is 30.0 Å². The second-order valence-electron chi connectivity index (χ2n) is 6.82. The molecular formula is C21H27NO. The molecule has 3 rings (SSSR count). The fraction of sp³-hybridized carbons (Fsp3) is 0.429. The summed E-state index contributed by atoms with van der Waals surface area (Å²) in [5, 5.41) is 1.23. The van der Waals surface area contributed by atoms with Crippen molar-refractivity contribution in [2.75, 3.05) is 0 Å². The summed E-state index contributed by atoms with van der Waals surface area (Å²) in [4.78, 5) is 14.7. The van der Waals surface area contributed by atoms with Crippen LogP contribution in [0.3, 0.4) is 0 Å². The molecule has 122 valence electrons. The highest BCUT2D eigenvalue weighted by Gasteiger charge is 2.18. The number of carbonyl (C=O) groups is 1. The summed E-state index contributed by atoms with van der Waals surface area (Å²) in [6.45, 7) is 8.66. The van der Waals surface area contributed by atoms with Crippen LogP contribution in [0.15, 0.2) is 48.2 Å². The molecule has 0 fully saturated rings. The molecule has 2 nitrogen and oxygen atoms in total. The van der Waals surface area contributed by atoms with Crippen LogP contribution in [0.5, 0.6) is 0 Å². The maximum absolute atomic E-state index is 10.4. The third kappa shape index (κ3) is 4.75. The summed E-state index contributed by atoms with van der Waals surface area (Å²) < 4.78 is 0. The van der Waals surface area contributed by atoms with Crippen molar-refractivity contribution in [1.29, 1.82) is 0 Å². The quantitative estimate of drug-likeness (QED) is 0.539. The fourth-order valence-electron chi connectivity index (χ4n) is 2.96. The highest BCUT2D eigenvalue weighted by atomic mass is 16.1. The molecule has 2 atom stereocenters. The number of aldehydes is 1. The Morgan fingerprint density at radius 3 is 2.70 bits per heavy atom. The number of carbonyl (C=O) groups excluding carboxylic acids is 1. The van der Waals surface area contributed by atoms with Crippen LogP contribution in [0.4, 0.5) is 0 Å². The number of hydrogen-bond donors (Lipinski definition) is 0. The zero-order chi connectivity index (χ0) is 16.8. The lowest BCUT2D eigenvalue weighted by atomic mass is 9.83. The predicted molar refractivity (Wildman–Crippen MR) is 97.5 cm³/mol. The van der Waals surface area contributed by atoms with Gasteiger partial charge in [0.05, 0.1) is 5.52 Å². The van der Waals surface area contributed by atoms with E-state index in [-0.39, 0.29) is 5.92 Å². The number of benzene rings is 1. The van der Waals surface area contributed by atoms with Crippen molar-refractivity contribution in [3.63, 3.8) is 0 Å². The van der Waals surface area contributed by atoms with Crippen LogP contribution >= 0.6 is 0 Å². The molecule has 1 aliphatic rings. The highest BCUT2D eigenvalue weighted by Crippen LogP contribution is 2.26. The van der Waals surface area contributed by atoms with Crippen molar-refractivity contribution in [3.8, 4) is 0 Å². The molecular weight excluding hydrogens is 282 g/mol. The standard InChI is InChI=1S/C12H13N.C9H14O/c1-9(2)10-5-6-12-11(8-10)4-3-7-13-12;1-7-3-4-9(6-10)8(2)5-7/h3-9H,1-2H3;5-6,8-9H,3-4H2,1-2H3. The number of allylic oxidation sites excluding steroid dienone is 2. The van der Waals surface area contributed by atoms with Crippen molar-refractivity contribution >= 4 is 17.2 Å². The number of nitrogens with zero attached hydrogens (tertiary/aromatic N) is 1. The molecule has 0 radical (unpaired) electrons. The van der Waals surface area contributed by atoms with E-state index in [0.717, 1.165) is 24.6 Å². The molecule has 0 N–H and O–H groups in total. The van der Waals surface area contributed by atoms with E-state index in [9.17, 15) is 4.79 Å². The molecule has 1 aromatic heterocycles. The second-order valence-corrected chi connectivity index (χ2v) is 6.82. The van der Waals surface area contributed by atoms with E-state index in [1.165, 1.54) is 16.5 Å². The SMILES string of the molecule is CC(C)c1ccc2ncccc2c1.CC1=CC(C)C(C=O)CC1. The molecule has 0 aliphatic heterocycles. The maximum Gasteiger partial charge on any atom is 0.123 e. The van der Waals surface area contributed by atoms with Gasteiger partial charge in [0.1, 0.15) is 6.29 Å². The van der Waals surface area contributed by atoms with E-state index in [4.69, 9.17) is 0 Å². The molecule has 1 aliphatic carbocycles. The van der Waals surface area contributed by atoms with Gasteiger partial charge < -0.3 is 4.79 Å². The predicted octanol–water partition coefficient (Wildman–Crippen LogP) is 5.54. The molecule has 2 aromatic rings. The van der Waals surface area contributed by atoms with E-state index in [1.54, 1.807) is 0 Å². The largest absolute Gasteiger partial charge is 0.303 e. The normalized spacial score (nSPS) is 20.7. The second kappa shape index (κ2) is 8.05. The number of aromatic nitrogens is 1. The average Bonchev–Trinajstić information content (AvgIpc) is 2.55. The fourth-order valence-corrected chi connectivity index (χ4v) is 2.96. The first-order valence-electron chi connectivity index (χ1n) is 8.48. The van der Waals surface area contributed by atoms with Gasteiger partial charge in [-0.05, 0) is 55.4 Å². The lowest BCUT2D eigenvalue weighted by Gasteiger charge is -2.21. The summed E-state index contributed by atoms with van der Waals surface area (Å²) in [5.41, 5.74) is 3.89. The molecule has 1 heterocycles. The number of pyridine rings is 1. The summed E-state index contributed by atoms with van der Waals surface area (Å²) in [6, 6.07) is 10.5. The first-order valence-corrected chi connectivity index (χ1v) is 8.48. The minimum atomic E-state index is 0.281. The molecule has 0 bridgehead atoms. The summed E-state index contributed by atoms with van der Waals surface area (Å²) >= 11 is 0. The maximum atomic E-state index is 10.4. The van der Waals surface area contributed by atoms with Crippen molar-refractivity contribution in [3.05, 3.63) is 53.7 Å². The number of fused-ring (bicyclic) bond motifs is 1. The molecule has 0 saturated carbocycles. The van der Waals surface area contributed by atoms with Crippen molar-refractivity contribution in [1.82, 2.24) is 4.98 Å². The molecule has 1 aromatic carbocycles. The van der Waals surface area contributed by atoms with E-state index >= 15 is 0 Å². The van der Waals surface area contributed by atoms with E-state index < -0.39 is 0 Å². The first kappa shape index (κ1) is 17.4. The Kier molecular flexibility index (Phi) is 6.09. The molecule has 0 spiro atoms. The van der Waals surface area contributed by atoms with Crippen LogP contribution in [0.2, 0.25) is 0 Å². The third-order valence-electron chi connectivity index (χ3n) is 4.56. The lowest BCUT2D eigenvalue weighted by molar-refractivity contribution is -0.112. The van der Waals surface area contributed by atoms with Crippen LogP contribution in [0.25, 0.3) is 10.9 Å². The van der Waals surface area contributed by atoms with Gasteiger partial charge in [-0.15, -0.1) is 0 Å². The van der Waals surface area contributed by atoms with E-state index in [1.807, 2.05) is 12.3 Å². The van der Waals surface area contributed by atoms with Gasteiger partial charge in [0, 0.05) is 17.5 Å². The van der Waals surface area contributed by atoms with Crippen LogP contribution in [0.1, 0.15) is 52.0 Å². The van der Waals surface area contributed by atoms with Gasteiger partial charge in [-0.3, -0.25) is 4.98 Å². The van der Waals surface area contributed by atoms with Crippen LogP contribution in [0, 0.1) is 11.8 Å². The van der Waals surface area contributed by atoms with Gasteiger partial charge in [-0.25, -0.2) is 0 Å². The van der Waals surface area contributed by atoms with Crippen molar-refractivity contribution in [2.24, 2.45) is 11.8 Å². The van der Waals surface area contributed by atoms with Gasteiger partial charge >= 0.3 is 0 Å². The number of hydrogen-bond acceptors (Lipinski definition) is 2. The third-order valence-corrected chi connectivity index (χ3v) is 4.56. The van der Waals surface area contributed by atoms with Gasteiger partial charge in [0.2, 0.25) is 0 Å². The van der Waals surface area contributed by atoms with Gasteiger partial charge in [-0.2, -0.15) is 0 Å². The Morgan fingerprint density at radius 2 is 2.04 bits per heavy atom. The molecule has 0 amide bonds. The molecule has 2 unspecified atom stereocenters. The lowest BCUT2D eigenvalue weighted by Crippen LogP contribution is -2.15. The Morgan fingerprint density at radius 1 is 1.26 bits per heavy atom. The first-order chi connectivity index (χ1) is 11.0. The highest BCUT2D eigenvalue weighted by molar-refractivity contribution is 5.79. The van der Waals surface area contributed by atoms with Gasteiger partial charge in [0.15, 0.2) is 0 Å². The molecule has 0 saturated heterocycles. The zero-order valence-electron chi connectivity index (χ0n) is 14.6. The molecule has 2 heteroatoms.